The molecule has 0 N–H and O–H groups in total. The van der Waals surface area contributed by atoms with Crippen molar-refractivity contribution in [1.29, 1.82) is 0 Å². The first-order valence-corrected chi connectivity index (χ1v) is 8.49. The molecule has 0 saturated carbocycles. The molecule has 7 heteroatoms. The van der Waals surface area contributed by atoms with Gasteiger partial charge in [-0.1, -0.05) is 11.6 Å². The van der Waals surface area contributed by atoms with Crippen molar-refractivity contribution in [2.24, 2.45) is 0 Å². The highest BCUT2D eigenvalue weighted by atomic mass is 35.5. The first-order chi connectivity index (χ1) is 11.2. The summed E-state index contributed by atoms with van der Waals surface area (Å²) in [5.41, 5.74) is 1.02. The number of amides is 1. The number of carbonyl (C=O) groups excluding carboxylic acids is 1. The molecule has 0 spiro atoms. The summed E-state index contributed by atoms with van der Waals surface area (Å²) in [5.74, 6) is 0.212. The van der Waals surface area contributed by atoms with E-state index in [1.807, 2.05) is 17.9 Å². The fourth-order valence-electron chi connectivity index (χ4n) is 3.18. The Bertz CT molecular complexity index is 543. The molecular formula is C16H23ClN4O2. The minimum atomic E-state index is -0.0804. The van der Waals surface area contributed by atoms with Crippen LogP contribution >= 0.6 is 11.6 Å². The number of morpholine rings is 1. The highest BCUT2D eigenvalue weighted by Gasteiger charge is 2.29. The Morgan fingerprint density at radius 1 is 1.22 bits per heavy atom. The normalized spacial score (nSPS) is 21.3. The third kappa shape index (κ3) is 3.76. The lowest BCUT2D eigenvalue weighted by molar-refractivity contribution is -0.140. The van der Waals surface area contributed by atoms with Crippen molar-refractivity contribution in [1.82, 2.24) is 14.8 Å². The SMILES string of the molecule is C[C@@H](C(=O)N1CCOCC1)N1CCN(c2ccncc2Cl)CC1. The van der Waals surface area contributed by atoms with Crippen LogP contribution in [0.25, 0.3) is 0 Å². The van der Waals surface area contributed by atoms with Gasteiger partial charge in [-0.25, -0.2) is 0 Å². The summed E-state index contributed by atoms with van der Waals surface area (Å²) in [5, 5.41) is 0.679. The Morgan fingerprint density at radius 3 is 2.57 bits per heavy atom. The van der Waals surface area contributed by atoms with E-state index in [1.54, 1.807) is 12.4 Å². The van der Waals surface area contributed by atoms with Crippen molar-refractivity contribution >= 4 is 23.2 Å². The molecular weight excluding hydrogens is 316 g/mol. The fourth-order valence-corrected chi connectivity index (χ4v) is 3.42. The maximum absolute atomic E-state index is 12.6. The van der Waals surface area contributed by atoms with Gasteiger partial charge in [0, 0.05) is 51.7 Å². The average Bonchev–Trinajstić information content (AvgIpc) is 2.62. The number of halogens is 1. The molecule has 2 saturated heterocycles. The van der Waals surface area contributed by atoms with Gasteiger partial charge in [0.1, 0.15) is 0 Å². The molecule has 0 radical (unpaired) electrons. The average molecular weight is 339 g/mol. The summed E-state index contributed by atoms with van der Waals surface area (Å²) in [7, 11) is 0. The van der Waals surface area contributed by atoms with Crippen LogP contribution in [0.3, 0.4) is 0 Å². The van der Waals surface area contributed by atoms with Gasteiger partial charge in [-0.2, -0.15) is 0 Å². The molecule has 6 nitrogen and oxygen atoms in total. The number of hydrogen-bond acceptors (Lipinski definition) is 5. The van der Waals surface area contributed by atoms with Gasteiger partial charge in [0.05, 0.1) is 30.0 Å². The van der Waals surface area contributed by atoms with Crippen molar-refractivity contribution < 1.29 is 9.53 Å². The van der Waals surface area contributed by atoms with E-state index < -0.39 is 0 Å². The van der Waals surface area contributed by atoms with Gasteiger partial charge in [-0.3, -0.25) is 14.7 Å². The second-order valence-electron chi connectivity index (χ2n) is 5.96. The fraction of sp³-hybridized carbons (Fsp3) is 0.625. The Labute approximate surface area is 142 Å². The monoisotopic (exact) mass is 338 g/mol. The zero-order valence-electron chi connectivity index (χ0n) is 13.4. The highest BCUT2D eigenvalue weighted by molar-refractivity contribution is 6.33. The molecule has 1 aromatic rings. The van der Waals surface area contributed by atoms with Crippen LogP contribution in [0.15, 0.2) is 18.5 Å². The predicted octanol–water partition coefficient (Wildman–Crippen LogP) is 1.10. The van der Waals surface area contributed by atoms with Crippen molar-refractivity contribution in [3.63, 3.8) is 0 Å². The minimum Gasteiger partial charge on any atom is -0.378 e. The van der Waals surface area contributed by atoms with Gasteiger partial charge in [0.2, 0.25) is 5.91 Å². The maximum Gasteiger partial charge on any atom is 0.239 e. The van der Waals surface area contributed by atoms with Gasteiger partial charge in [0.25, 0.3) is 0 Å². The molecule has 0 aromatic carbocycles. The quantitative estimate of drug-likeness (QED) is 0.826. The third-order valence-corrected chi connectivity index (χ3v) is 4.93. The summed E-state index contributed by atoms with van der Waals surface area (Å²) < 4.78 is 5.32. The van der Waals surface area contributed by atoms with Crippen LogP contribution < -0.4 is 4.90 Å². The van der Waals surface area contributed by atoms with Crippen LogP contribution in [0.4, 0.5) is 5.69 Å². The summed E-state index contributed by atoms with van der Waals surface area (Å²) in [4.78, 5) is 23.0. The van der Waals surface area contributed by atoms with Gasteiger partial charge in [0.15, 0.2) is 0 Å². The van der Waals surface area contributed by atoms with Gasteiger partial charge < -0.3 is 14.5 Å². The van der Waals surface area contributed by atoms with Crippen LogP contribution in [-0.2, 0) is 9.53 Å². The second kappa shape index (κ2) is 7.47. The van der Waals surface area contributed by atoms with Gasteiger partial charge in [-0.15, -0.1) is 0 Å². The zero-order valence-corrected chi connectivity index (χ0v) is 14.2. The van der Waals surface area contributed by atoms with Crippen LogP contribution in [0, 0.1) is 0 Å². The van der Waals surface area contributed by atoms with Crippen molar-refractivity contribution in [2.45, 2.75) is 13.0 Å². The van der Waals surface area contributed by atoms with Gasteiger partial charge >= 0.3 is 0 Å². The molecule has 2 aliphatic heterocycles. The lowest BCUT2D eigenvalue weighted by Gasteiger charge is -2.40. The van der Waals surface area contributed by atoms with E-state index >= 15 is 0 Å². The highest BCUT2D eigenvalue weighted by Crippen LogP contribution is 2.25. The third-order valence-electron chi connectivity index (χ3n) is 4.63. The van der Waals surface area contributed by atoms with Gasteiger partial charge in [-0.05, 0) is 13.0 Å². The van der Waals surface area contributed by atoms with E-state index in [1.165, 1.54) is 0 Å². The number of piperazine rings is 1. The van der Waals surface area contributed by atoms with Crippen LogP contribution in [-0.4, -0.2) is 79.2 Å². The van der Waals surface area contributed by atoms with E-state index in [9.17, 15) is 4.79 Å². The van der Waals surface area contributed by atoms with E-state index in [0.717, 1.165) is 31.9 Å². The van der Waals surface area contributed by atoms with Crippen molar-refractivity contribution in [3.8, 4) is 0 Å². The zero-order chi connectivity index (χ0) is 16.2. The lowest BCUT2D eigenvalue weighted by atomic mass is 10.2. The Morgan fingerprint density at radius 2 is 1.91 bits per heavy atom. The number of anilines is 1. The summed E-state index contributed by atoms with van der Waals surface area (Å²) in [6.07, 6.45) is 3.44. The lowest BCUT2D eigenvalue weighted by Crippen LogP contribution is -2.56. The molecule has 0 aliphatic carbocycles. The largest absolute Gasteiger partial charge is 0.378 e. The molecule has 0 bridgehead atoms. The molecule has 0 unspecified atom stereocenters. The number of hydrogen-bond donors (Lipinski definition) is 0. The summed E-state index contributed by atoms with van der Waals surface area (Å²) >= 11 is 6.22. The number of ether oxygens (including phenoxy) is 1. The summed E-state index contributed by atoms with van der Waals surface area (Å²) in [6.45, 7) is 8.15. The van der Waals surface area contributed by atoms with E-state index in [2.05, 4.69) is 14.8 Å². The molecule has 1 aromatic heterocycles. The number of nitrogens with zero attached hydrogens (tertiary/aromatic N) is 4. The molecule has 3 heterocycles. The van der Waals surface area contributed by atoms with E-state index in [-0.39, 0.29) is 11.9 Å². The second-order valence-corrected chi connectivity index (χ2v) is 6.37. The standard InChI is InChI=1S/C16H23ClN4O2/c1-13(16(22)21-8-10-23-11-9-21)19-4-6-20(7-5-19)15-2-3-18-12-14(15)17/h2-3,12-13H,4-11H2,1H3/t13-/m0/s1. The van der Waals surface area contributed by atoms with Crippen molar-refractivity contribution in [2.75, 3.05) is 57.4 Å². The van der Waals surface area contributed by atoms with E-state index in [4.69, 9.17) is 16.3 Å². The van der Waals surface area contributed by atoms with Crippen LogP contribution in [0.1, 0.15) is 6.92 Å². The first-order valence-electron chi connectivity index (χ1n) is 8.12. The number of aromatic nitrogens is 1. The number of rotatable bonds is 3. The Balaban J connectivity index is 1.56. The minimum absolute atomic E-state index is 0.0804. The Kier molecular flexibility index (Phi) is 5.35. The number of carbonyl (C=O) groups is 1. The molecule has 1 atom stereocenters. The maximum atomic E-state index is 12.6. The molecule has 2 fully saturated rings. The van der Waals surface area contributed by atoms with Crippen LogP contribution in [0.5, 0.6) is 0 Å². The molecule has 23 heavy (non-hydrogen) atoms. The molecule has 2 aliphatic rings. The van der Waals surface area contributed by atoms with Crippen molar-refractivity contribution in [3.05, 3.63) is 23.5 Å². The first kappa shape index (κ1) is 16.5. The topological polar surface area (TPSA) is 48.9 Å². The Hall–Kier alpha value is -1.37. The predicted molar refractivity (Wildman–Crippen MR) is 89.9 cm³/mol. The molecule has 1 amide bonds. The summed E-state index contributed by atoms with van der Waals surface area (Å²) in [6, 6.07) is 1.86. The number of pyridine rings is 1. The smallest absolute Gasteiger partial charge is 0.239 e. The molecule has 3 rings (SSSR count). The van der Waals surface area contributed by atoms with Crippen LogP contribution in [0.2, 0.25) is 5.02 Å². The van der Waals surface area contributed by atoms with E-state index in [0.29, 0.717) is 31.3 Å². The molecule has 126 valence electrons.